The SMILES string of the molecule is CC(C)(C)c1ccc(C(=O)c2ccc(-c3ccc(Cl)cc3)cc2)cc1. The van der Waals surface area contributed by atoms with Crippen molar-refractivity contribution in [1.29, 1.82) is 0 Å². The zero-order valence-electron chi connectivity index (χ0n) is 14.7. The smallest absolute Gasteiger partial charge is 0.193 e. The summed E-state index contributed by atoms with van der Waals surface area (Å²) in [6.07, 6.45) is 0. The van der Waals surface area contributed by atoms with Gasteiger partial charge in [-0.3, -0.25) is 4.79 Å². The van der Waals surface area contributed by atoms with Crippen molar-refractivity contribution in [3.8, 4) is 11.1 Å². The van der Waals surface area contributed by atoms with E-state index in [1.54, 1.807) is 0 Å². The lowest BCUT2D eigenvalue weighted by molar-refractivity contribution is 0.103. The molecule has 0 aliphatic carbocycles. The second kappa shape index (κ2) is 6.85. The maximum Gasteiger partial charge on any atom is 0.193 e. The number of carbonyl (C=O) groups excluding carboxylic acids is 1. The second-order valence-electron chi connectivity index (χ2n) is 7.24. The van der Waals surface area contributed by atoms with E-state index in [1.165, 1.54) is 5.56 Å². The maximum absolute atomic E-state index is 12.7. The Hall–Kier alpha value is -2.38. The highest BCUT2D eigenvalue weighted by Crippen LogP contribution is 2.24. The van der Waals surface area contributed by atoms with Gasteiger partial charge in [0.05, 0.1) is 0 Å². The average molecular weight is 349 g/mol. The fourth-order valence-corrected chi connectivity index (χ4v) is 2.87. The highest BCUT2D eigenvalue weighted by Gasteiger charge is 2.15. The van der Waals surface area contributed by atoms with Crippen LogP contribution in [0, 0.1) is 0 Å². The number of carbonyl (C=O) groups is 1. The van der Waals surface area contributed by atoms with E-state index >= 15 is 0 Å². The minimum atomic E-state index is 0.0446. The van der Waals surface area contributed by atoms with Gasteiger partial charge >= 0.3 is 0 Å². The van der Waals surface area contributed by atoms with Crippen molar-refractivity contribution >= 4 is 17.4 Å². The van der Waals surface area contributed by atoms with Crippen molar-refractivity contribution in [1.82, 2.24) is 0 Å². The van der Waals surface area contributed by atoms with Gasteiger partial charge in [0, 0.05) is 16.1 Å². The van der Waals surface area contributed by atoms with Crippen molar-refractivity contribution in [2.24, 2.45) is 0 Å². The first kappa shape index (κ1) is 17.4. The number of rotatable bonds is 3. The van der Waals surface area contributed by atoms with Gasteiger partial charge in [0.2, 0.25) is 0 Å². The quantitative estimate of drug-likeness (QED) is 0.491. The van der Waals surface area contributed by atoms with Crippen molar-refractivity contribution in [3.63, 3.8) is 0 Å². The highest BCUT2D eigenvalue weighted by molar-refractivity contribution is 6.30. The van der Waals surface area contributed by atoms with Crippen molar-refractivity contribution in [2.45, 2.75) is 26.2 Å². The summed E-state index contributed by atoms with van der Waals surface area (Å²) in [5.41, 5.74) is 4.87. The number of hydrogen-bond donors (Lipinski definition) is 0. The molecule has 0 radical (unpaired) electrons. The Kier molecular flexibility index (Phi) is 4.78. The molecule has 0 fully saturated rings. The third-order valence-electron chi connectivity index (χ3n) is 4.34. The third kappa shape index (κ3) is 4.00. The minimum absolute atomic E-state index is 0.0446. The Morgan fingerprint density at radius 3 is 1.52 bits per heavy atom. The first-order chi connectivity index (χ1) is 11.8. The summed E-state index contributed by atoms with van der Waals surface area (Å²) in [7, 11) is 0. The van der Waals surface area contributed by atoms with Gasteiger partial charge in [-0.1, -0.05) is 93.0 Å². The van der Waals surface area contributed by atoms with Crippen LogP contribution in [0.3, 0.4) is 0 Å². The minimum Gasteiger partial charge on any atom is -0.289 e. The van der Waals surface area contributed by atoms with E-state index in [1.807, 2.05) is 72.8 Å². The zero-order chi connectivity index (χ0) is 18.0. The van der Waals surface area contributed by atoms with Gasteiger partial charge in [0.25, 0.3) is 0 Å². The molecule has 1 nitrogen and oxygen atoms in total. The van der Waals surface area contributed by atoms with Crippen molar-refractivity contribution in [3.05, 3.63) is 94.5 Å². The van der Waals surface area contributed by atoms with E-state index in [-0.39, 0.29) is 11.2 Å². The van der Waals surface area contributed by atoms with Crippen LogP contribution in [0.4, 0.5) is 0 Å². The van der Waals surface area contributed by atoms with Crippen LogP contribution in [0.15, 0.2) is 72.8 Å². The van der Waals surface area contributed by atoms with Gasteiger partial charge in [-0.2, -0.15) is 0 Å². The molecule has 0 saturated carbocycles. The molecule has 3 rings (SSSR count). The zero-order valence-corrected chi connectivity index (χ0v) is 15.5. The number of benzene rings is 3. The lowest BCUT2D eigenvalue weighted by atomic mass is 9.86. The summed E-state index contributed by atoms with van der Waals surface area (Å²) in [6.45, 7) is 6.50. The van der Waals surface area contributed by atoms with Gasteiger partial charge in [0.15, 0.2) is 5.78 Å². The Labute approximate surface area is 154 Å². The van der Waals surface area contributed by atoms with Crippen molar-refractivity contribution in [2.75, 3.05) is 0 Å². The molecule has 0 aromatic heterocycles. The average Bonchev–Trinajstić information content (AvgIpc) is 2.61. The first-order valence-electron chi connectivity index (χ1n) is 8.36. The highest BCUT2D eigenvalue weighted by atomic mass is 35.5. The molecule has 0 N–H and O–H groups in total. The van der Waals surface area contributed by atoms with E-state index in [0.29, 0.717) is 16.1 Å². The lowest BCUT2D eigenvalue weighted by Crippen LogP contribution is -2.11. The van der Waals surface area contributed by atoms with Crippen LogP contribution in [0.5, 0.6) is 0 Å². The molecule has 0 aliphatic rings. The maximum atomic E-state index is 12.7. The monoisotopic (exact) mass is 348 g/mol. The largest absolute Gasteiger partial charge is 0.289 e. The molecule has 3 aromatic carbocycles. The molecular weight excluding hydrogens is 328 g/mol. The van der Waals surface area contributed by atoms with Gasteiger partial charge in [-0.15, -0.1) is 0 Å². The topological polar surface area (TPSA) is 17.1 Å². The Bertz CT molecular complexity index is 867. The van der Waals surface area contributed by atoms with Gasteiger partial charge < -0.3 is 0 Å². The molecule has 0 bridgehead atoms. The predicted octanol–water partition coefficient (Wildman–Crippen LogP) is 6.54. The van der Waals surface area contributed by atoms with Crippen LogP contribution in [-0.2, 0) is 5.41 Å². The molecule has 25 heavy (non-hydrogen) atoms. The molecule has 0 saturated heterocycles. The van der Waals surface area contributed by atoms with Crippen LogP contribution in [-0.4, -0.2) is 5.78 Å². The van der Waals surface area contributed by atoms with E-state index in [2.05, 4.69) is 20.8 Å². The summed E-state index contributed by atoms with van der Waals surface area (Å²) in [4.78, 5) is 12.7. The van der Waals surface area contributed by atoms with Crippen LogP contribution in [0.2, 0.25) is 5.02 Å². The Morgan fingerprint density at radius 1 is 0.680 bits per heavy atom. The molecule has 0 spiro atoms. The second-order valence-corrected chi connectivity index (χ2v) is 7.68. The molecule has 3 aromatic rings. The third-order valence-corrected chi connectivity index (χ3v) is 4.59. The van der Waals surface area contributed by atoms with Gasteiger partial charge in [-0.05, 0) is 34.2 Å². The molecule has 126 valence electrons. The summed E-state index contributed by atoms with van der Waals surface area (Å²) in [5, 5.41) is 0.717. The molecule has 0 heterocycles. The van der Waals surface area contributed by atoms with E-state index in [4.69, 9.17) is 11.6 Å². The van der Waals surface area contributed by atoms with Crippen LogP contribution in [0.25, 0.3) is 11.1 Å². The normalized spacial score (nSPS) is 11.4. The Morgan fingerprint density at radius 2 is 1.08 bits per heavy atom. The van der Waals surface area contributed by atoms with E-state index < -0.39 is 0 Å². The van der Waals surface area contributed by atoms with Crippen LogP contribution < -0.4 is 0 Å². The molecule has 0 aliphatic heterocycles. The van der Waals surface area contributed by atoms with E-state index in [9.17, 15) is 4.79 Å². The fourth-order valence-electron chi connectivity index (χ4n) is 2.74. The van der Waals surface area contributed by atoms with Crippen molar-refractivity contribution < 1.29 is 4.79 Å². The molecule has 0 amide bonds. The standard InChI is InChI=1S/C23H21ClO/c1-23(2,3)20-12-8-19(9-13-20)22(25)18-6-4-16(5-7-18)17-10-14-21(24)15-11-17/h4-15H,1-3H3. The van der Waals surface area contributed by atoms with Gasteiger partial charge in [-0.25, -0.2) is 0 Å². The van der Waals surface area contributed by atoms with Crippen LogP contribution in [0.1, 0.15) is 42.3 Å². The molecular formula is C23H21ClO. The summed E-state index contributed by atoms with van der Waals surface area (Å²) >= 11 is 5.93. The molecule has 2 heteroatoms. The predicted molar refractivity (Wildman–Crippen MR) is 105 cm³/mol. The number of hydrogen-bond acceptors (Lipinski definition) is 1. The lowest BCUT2D eigenvalue weighted by Gasteiger charge is -2.19. The Balaban J connectivity index is 1.82. The summed E-state index contributed by atoms with van der Waals surface area (Å²) in [6, 6.07) is 23.3. The first-order valence-corrected chi connectivity index (χ1v) is 8.74. The van der Waals surface area contributed by atoms with Gasteiger partial charge in [0.1, 0.15) is 0 Å². The van der Waals surface area contributed by atoms with Crippen LogP contribution >= 0.6 is 11.6 Å². The summed E-state index contributed by atoms with van der Waals surface area (Å²) < 4.78 is 0. The summed E-state index contributed by atoms with van der Waals surface area (Å²) in [5.74, 6) is 0.0446. The molecule has 0 unspecified atom stereocenters. The number of ketones is 1. The molecule has 0 atom stereocenters. The fraction of sp³-hybridized carbons (Fsp3) is 0.174. The van der Waals surface area contributed by atoms with E-state index in [0.717, 1.165) is 11.1 Å². The number of halogens is 1.